The van der Waals surface area contributed by atoms with Gasteiger partial charge >= 0.3 is 0 Å². The highest BCUT2D eigenvalue weighted by Gasteiger charge is 2.20. The summed E-state index contributed by atoms with van der Waals surface area (Å²) in [5.41, 5.74) is 6.55. The molecule has 0 radical (unpaired) electrons. The Labute approximate surface area is 124 Å². The molecule has 2 aromatic rings. The predicted octanol–water partition coefficient (Wildman–Crippen LogP) is 4.43. The smallest absolute Gasteiger partial charge is 0.148 e. The zero-order valence-corrected chi connectivity index (χ0v) is 13.1. The van der Waals surface area contributed by atoms with Crippen LogP contribution in [0.1, 0.15) is 23.5 Å². The van der Waals surface area contributed by atoms with Gasteiger partial charge in [-0.15, -0.1) is 11.3 Å². The van der Waals surface area contributed by atoms with Crippen LogP contribution in [0.3, 0.4) is 0 Å². The van der Waals surface area contributed by atoms with Gasteiger partial charge in [-0.25, -0.2) is 4.39 Å². The number of thiophene rings is 1. The van der Waals surface area contributed by atoms with Gasteiger partial charge in [-0.1, -0.05) is 0 Å². The average molecular weight is 344 g/mol. The lowest BCUT2D eigenvalue weighted by atomic mass is 10.1. The maximum Gasteiger partial charge on any atom is 0.148 e. The molecule has 1 aromatic heterocycles. The molecule has 2 N–H and O–H groups in total. The minimum Gasteiger partial charge on any atom is -0.483 e. The van der Waals surface area contributed by atoms with Crippen molar-refractivity contribution >= 4 is 27.3 Å². The third-order valence-electron chi connectivity index (χ3n) is 2.74. The van der Waals surface area contributed by atoms with Crippen LogP contribution >= 0.6 is 27.3 Å². The summed E-state index contributed by atoms with van der Waals surface area (Å²) >= 11 is 5.01. The topological polar surface area (TPSA) is 35.2 Å². The van der Waals surface area contributed by atoms with Crippen LogP contribution in [0, 0.1) is 12.7 Å². The van der Waals surface area contributed by atoms with E-state index in [0.29, 0.717) is 11.3 Å². The van der Waals surface area contributed by atoms with E-state index in [0.717, 1.165) is 9.35 Å². The van der Waals surface area contributed by atoms with Gasteiger partial charge in [0.25, 0.3) is 0 Å². The number of aryl methyl sites for hydroxylation is 1. The fourth-order valence-electron chi connectivity index (χ4n) is 1.74. The van der Waals surface area contributed by atoms with Crippen molar-refractivity contribution in [2.45, 2.75) is 26.0 Å². The summed E-state index contributed by atoms with van der Waals surface area (Å²) in [6.07, 6.45) is -0.235. The van der Waals surface area contributed by atoms with E-state index in [2.05, 4.69) is 15.9 Å². The molecule has 2 atom stereocenters. The molecule has 0 saturated heterocycles. The molecular formula is C14H15BrFNOS. The Kier molecular flexibility index (Phi) is 4.60. The second kappa shape index (κ2) is 6.03. The van der Waals surface area contributed by atoms with Gasteiger partial charge in [0.1, 0.15) is 17.7 Å². The number of rotatable bonds is 4. The van der Waals surface area contributed by atoms with Gasteiger partial charge in [-0.3, -0.25) is 0 Å². The van der Waals surface area contributed by atoms with Crippen LogP contribution in [0.15, 0.2) is 34.1 Å². The molecule has 0 bridgehead atoms. The molecule has 0 fully saturated rings. The lowest BCUT2D eigenvalue weighted by Crippen LogP contribution is -2.28. The molecule has 0 aliphatic carbocycles. The van der Waals surface area contributed by atoms with Crippen LogP contribution in [0.25, 0.3) is 0 Å². The first-order chi connectivity index (χ1) is 8.97. The summed E-state index contributed by atoms with van der Waals surface area (Å²) in [4.78, 5) is 1.05. The predicted molar refractivity (Wildman–Crippen MR) is 80.2 cm³/mol. The number of halogens is 2. The maximum atomic E-state index is 13.2. The number of hydrogen-bond acceptors (Lipinski definition) is 3. The molecule has 2 nitrogen and oxygen atoms in total. The summed E-state index contributed by atoms with van der Waals surface area (Å²) < 4.78 is 20.2. The van der Waals surface area contributed by atoms with Crippen molar-refractivity contribution in [1.82, 2.24) is 0 Å². The highest BCUT2D eigenvalue weighted by atomic mass is 79.9. The number of ether oxygens (including phenoxy) is 1. The van der Waals surface area contributed by atoms with Crippen LogP contribution < -0.4 is 10.5 Å². The summed E-state index contributed by atoms with van der Waals surface area (Å²) in [7, 11) is 0. The largest absolute Gasteiger partial charge is 0.483 e. The Bertz CT molecular complexity index is 570. The second-order valence-corrected chi connectivity index (χ2v) is 6.33. The Morgan fingerprint density at radius 3 is 2.63 bits per heavy atom. The Hall–Kier alpha value is -0.910. The lowest BCUT2D eigenvalue weighted by Gasteiger charge is -2.21. The molecule has 0 spiro atoms. The van der Waals surface area contributed by atoms with E-state index in [4.69, 9.17) is 10.5 Å². The van der Waals surface area contributed by atoms with Gasteiger partial charge in [-0.2, -0.15) is 0 Å². The van der Waals surface area contributed by atoms with Crippen LogP contribution in [0.2, 0.25) is 0 Å². The standard InChI is InChI=1S/C14H15BrFNOS/c1-8-5-11(3-4-12(8)16)18-14(9(2)17)13-6-10(15)7-19-13/h3-7,9,14H,17H2,1-2H3. The first-order valence-corrected chi connectivity index (χ1v) is 7.57. The van der Waals surface area contributed by atoms with E-state index in [1.165, 1.54) is 6.07 Å². The molecule has 1 aromatic carbocycles. The quantitative estimate of drug-likeness (QED) is 0.891. The molecule has 0 aliphatic heterocycles. The van der Waals surface area contributed by atoms with E-state index >= 15 is 0 Å². The molecular weight excluding hydrogens is 329 g/mol. The van der Waals surface area contributed by atoms with Gasteiger partial charge in [0, 0.05) is 20.8 Å². The van der Waals surface area contributed by atoms with Gasteiger partial charge in [0.2, 0.25) is 0 Å². The lowest BCUT2D eigenvalue weighted by molar-refractivity contribution is 0.184. The molecule has 1 heterocycles. The zero-order chi connectivity index (χ0) is 14.0. The Morgan fingerprint density at radius 2 is 2.11 bits per heavy atom. The highest BCUT2D eigenvalue weighted by molar-refractivity contribution is 9.10. The van der Waals surface area contributed by atoms with Gasteiger partial charge in [0.15, 0.2) is 0 Å². The van der Waals surface area contributed by atoms with Crippen molar-refractivity contribution in [2.75, 3.05) is 0 Å². The van der Waals surface area contributed by atoms with Crippen LogP contribution in [0.5, 0.6) is 5.75 Å². The van der Waals surface area contributed by atoms with Crippen LogP contribution in [0.4, 0.5) is 4.39 Å². The molecule has 2 rings (SSSR count). The molecule has 102 valence electrons. The van der Waals surface area contributed by atoms with E-state index in [1.807, 2.05) is 18.4 Å². The van der Waals surface area contributed by atoms with Crippen LogP contribution in [-0.2, 0) is 0 Å². The summed E-state index contributed by atoms with van der Waals surface area (Å²) in [6, 6.07) is 6.56. The molecule has 0 saturated carbocycles. The van der Waals surface area contributed by atoms with E-state index < -0.39 is 0 Å². The summed E-state index contributed by atoms with van der Waals surface area (Å²) in [5, 5.41) is 1.99. The van der Waals surface area contributed by atoms with Gasteiger partial charge < -0.3 is 10.5 Å². The SMILES string of the molecule is Cc1cc(OC(c2cc(Br)cs2)C(C)N)ccc1F. The maximum absolute atomic E-state index is 13.2. The van der Waals surface area contributed by atoms with Crippen molar-refractivity contribution < 1.29 is 9.13 Å². The van der Waals surface area contributed by atoms with E-state index in [1.54, 1.807) is 30.4 Å². The fraction of sp³-hybridized carbons (Fsp3) is 0.286. The molecule has 19 heavy (non-hydrogen) atoms. The minimum atomic E-state index is -0.235. The number of nitrogens with two attached hydrogens (primary N) is 1. The number of hydrogen-bond donors (Lipinski definition) is 1. The molecule has 0 aliphatic rings. The first-order valence-electron chi connectivity index (χ1n) is 5.89. The van der Waals surface area contributed by atoms with Gasteiger partial charge in [0.05, 0.1) is 0 Å². The Morgan fingerprint density at radius 1 is 1.37 bits per heavy atom. The van der Waals surface area contributed by atoms with Crippen molar-refractivity contribution in [3.63, 3.8) is 0 Å². The van der Waals surface area contributed by atoms with E-state index in [-0.39, 0.29) is 18.0 Å². The second-order valence-electron chi connectivity index (χ2n) is 4.48. The van der Waals surface area contributed by atoms with Crippen molar-refractivity contribution in [3.05, 3.63) is 50.4 Å². The van der Waals surface area contributed by atoms with Gasteiger partial charge in [-0.05, 0) is 59.6 Å². The molecule has 2 unspecified atom stereocenters. The highest BCUT2D eigenvalue weighted by Crippen LogP contribution is 2.31. The third kappa shape index (κ3) is 3.55. The third-order valence-corrected chi connectivity index (χ3v) is 4.49. The average Bonchev–Trinajstić information content (AvgIpc) is 2.76. The van der Waals surface area contributed by atoms with Crippen molar-refractivity contribution in [3.8, 4) is 5.75 Å². The van der Waals surface area contributed by atoms with Crippen LogP contribution in [-0.4, -0.2) is 6.04 Å². The van der Waals surface area contributed by atoms with E-state index in [9.17, 15) is 4.39 Å². The fourth-order valence-corrected chi connectivity index (χ4v) is 3.33. The normalized spacial score (nSPS) is 14.2. The summed E-state index contributed by atoms with van der Waals surface area (Å²) in [6.45, 7) is 3.61. The summed E-state index contributed by atoms with van der Waals surface area (Å²) in [5.74, 6) is 0.397. The zero-order valence-electron chi connectivity index (χ0n) is 10.7. The number of benzene rings is 1. The monoisotopic (exact) mass is 343 g/mol. The van der Waals surface area contributed by atoms with Crippen molar-refractivity contribution in [2.24, 2.45) is 5.73 Å². The molecule has 0 amide bonds. The van der Waals surface area contributed by atoms with Crippen molar-refractivity contribution in [1.29, 1.82) is 0 Å². The first kappa shape index (κ1) is 14.5. The Balaban J connectivity index is 2.23. The minimum absolute atomic E-state index is 0.157. The molecule has 5 heteroatoms.